The summed E-state index contributed by atoms with van der Waals surface area (Å²) in [7, 11) is 0. The Hall–Kier alpha value is -4.03. The molecular formula is C26H19N5S. The Kier molecular flexibility index (Phi) is 4.44. The molecule has 3 aromatic heterocycles. The molecule has 3 aromatic carbocycles. The average molecular weight is 434 g/mol. The fraction of sp³-hybridized carbons (Fsp3) is 0.0385. The SMILES string of the molecule is Cc1[nH]nc2ccc(Nc3nc(-c4cccc(-c5ccccc5)c4)nc4ccsc34)cc12. The first-order chi connectivity index (χ1) is 15.7. The summed E-state index contributed by atoms with van der Waals surface area (Å²) in [4.78, 5) is 9.77. The van der Waals surface area contributed by atoms with Crippen molar-refractivity contribution in [3.05, 3.63) is 89.9 Å². The van der Waals surface area contributed by atoms with E-state index in [0.717, 1.165) is 49.4 Å². The minimum absolute atomic E-state index is 0.705. The zero-order valence-corrected chi connectivity index (χ0v) is 18.1. The minimum Gasteiger partial charge on any atom is -0.339 e. The number of thiophene rings is 1. The summed E-state index contributed by atoms with van der Waals surface area (Å²) >= 11 is 1.64. The van der Waals surface area contributed by atoms with E-state index >= 15 is 0 Å². The third-order valence-corrected chi connectivity index (χ3v) is 6.45. The van der Waals surface area contributed by atoms with Crippen LogP contribution in [0.1, 0.15) is 5.69 Å². The maximum absolute atomic E-state index is 4.93. The number of benzene rings is 3. The van der Waals surface area contributed by atoms with E-state index in [1.54, 1.807) is 11.3 Å². The molecule has 0 aliphatic rings. The highest BCUT2D eigenvalue weighted by Crippen LogP contribution is 2.33. The van der Waals surface area contributed by atoms with Crippen LogP contribution < -0.4 is 5.32 Å². The van der Waals surface area contributed by atoms with Crippen LogP contribution in [0.15, 0.2) is 84.2 Å². The lowest BCUT2D eigenvalue weighted by Crippen LogP contribution is -1.98. The molecule has 0 bridgehead atoms. The molecule has 6 rings (SSSR count). The predicted molar refractivity (Wildman–Crippen MR) is 132 cm³/mol. The van der Waals surface area contributed by atoms with E-state index in [0.29, 0.717) is 5.82 Å². The number of fused-ring (bicyclic) bond motifs is 2. The molecule has 6 aromatic rings. The smallest absolute Gasteiger partial charge is 0.162 e. The lowest BCUT2D eigenvalue weighted by molar-refractivity contribution is 1.07. The molecule has 0 fully saturated rings. The number of hydrogen-bond acceptors (Lipinski definition) is 5. The summed E-state index contributed by atoms with van der Waals surface area (Å²) in [6.07, 6.45) is 0. The lowest BCUT2D eigenvalue weighted by Gasteiger charge is -2.10. The Morgan fingerprint density at radius 1 is 0.781 bits per heavy atom. The van der Waals surface area contributed by atoms with Crippen molar-refractivity contribution in [2.75, 3.05) is 5.32 Å². The van der Waals surface area contributed by atoms with Crippen molar-refractivity contribution in [2.45, 2.75) is 6.92 Å². The topological polar surface area (TPSA) is 66.5 Å². The molecule has 0 atom stereocenters. The second kappa shape index (κ2) is 7.59. The number of nitrogens with zero attached hydrogens (tertiary/aromatic N) is 3. The quantitative estimate of drug-likeness (QED) is 0.316. The molecule has 154 valence electrons. The lowest BCUT2D eigenvalue weighted by atomic mass is 10.0. The third kappa shape index (κ3) is 3.31. The van der Waals surface area contributed by atoms with Gasteiger partial charge in [-0.15, -0.1) is 11.3 Å². The van der Waals surface area contributed by atoms with Gasteiger partial charge in [0.2, 0.25) is 0 Å². The molecule has 0 amide bonds. The highest BCUT2D eigenvalue weighted by atomic mass is 32.1. The first kappa shape index (κ1) is 18.7. The van der Waals surface area contributed by atoms with Crippen LogP contribution in [0.2, 0.25) is 0 Å². The van der Waals surface area contributed by atoms with Gasteiger partial charge < -0.3 is 5.32 Å². The number of hydrogen-bond donors (Lipinski definition) is 2. The molecule has 0 spiro atoms. The molecule has 0 aliphatic carbocycles. The maximum Gasteiger partial charge on any atom is 0.162 e. The summed E-state index contributed by atoms with van der Waals surface area (Å²) in [6.45, 7) is 2.03. The van der Waals surface area contributed by atoms with Gasteiger partial charge in [0.1, 0.15) is 0 Å². The Balaban J connectivity index is 1.44. The molecule has 0 unspecified atom stereocenters. The van der Waals surface area contributed by atoms with Crippen LogP contribution in [-0.4, -0.2) is 20.2 Å². The minimum atomic E-state index is 0.705. The first-order valence-electron chi connectivity index (χ1n) is 10.4. The second-order valence-electron chi connectivity index (χ2n) is 7.68. The van der Waals surface area contributed by atoms with Crippen molar-refractivity contribution >= 4 is 44.0 Å². The van der Waals surface area contributed by atoms with Crippen LogP contribution >= 0.6 is 11.3 Å². The Labute approximate surface area is 188 Å². The van der Waals surface area contributed by atoms with Gasteiger partial charge in [0.15, 0.2) is 11.6 Å². The number of anilines is 2. The van der Waals surface area contributed by atoms with Crippen LogP contribution in [0.3, 0.4) is 0 Å². The molecule has 0 aliphatic heterocycles. The number of aromatic nitrogens is 4. The van der Waals surface area contributed by atoms with Crippen molar-refractivity contribution in [2.24, 2.45) is 0 Å². The number of H-pyrrole nitrogens is 1. The van der Waals surface area contributed by atoms with E-state index in [1.165, 1.54) is 5.56 Å². The Morgan fingerprint density at radius 3 is 2.53 bits per heavy atom. The monoisotopic (exact) mass is 433 g/mol. The van der Waals surface area contributed by atoms with Crippen LogP contribution in [0.4, 0.5) is 11.5 Å². The highest BCUT2D eigenvalue weighted by Gasteiger charge is 2.13. The van der Waals surface area contributed by atoms with Crippen molar-refractivity contribution < 1.29 is 0 Å². The number of nitrogens with one attached hydrogen (secondary N) is 2. The van der Waals surface area contributed by atoms with Gasteiger partial charge in [-0.3, -0.25) is 5.10 Å². The summed E-state index contributed by atoms with van der Waals surface area (Å²) in [5.41, 5.74) is 7.22. The largest absolute Gasteiger partial charge is 0.339 e. The van der Waals surface area contributed by atoms with Gasteiger partial charge in [0, 0.05) is 22.3 Å². The van der Waals surface area contributed by atoms with Crippen LogP contribution in [-0.2, 0) is 0 Å². The van der Waals surface area contributed by atoms with Gasteiger partial charge in [-0.05, 0) is 53.8 Å². The molecular weight excluding hydrogens is 414 g/mol. The van der Waals surface area contributed by atoms with E-state index in [1.807, 2.05) is 31.2 Å². The van der Waals surface area contributed by atoms with Gasteiger partial charge in [-0.2, -0.15) is 5.10 Å². The van der Waals surface area contributed by atoms with Crippen molar-refractivity contribution in [3.63, 3.8) is 0 Å². The van der Waals surface area contributed by atoms with E-state index < -0.39 is 0 Å². The summed E-state index contributed by atoms with van der Waals surface area (Å²) in [5, 5.41) is 14.0. The van der Waals surface area contributed by atoms with Gasteiger partial charge in [0.05, 0.1) is 15.7 Å². The molecule has 32 heavy (non-hydrogen) atoms. The summed E-state index contributed by atoms with van der Waals surface area (Å²) < 4.78 is 1.04. The van der Waals surface area contributed by atoms with Crippen LogP contribution in [0.25, 0.3) is 43.6 Å². The van der Waals surface area contributed by atoms with Crippen LogP contribution in [0.5, 0.6) is 0 Å². The average Bonchev–Trinajstić information content (AvgIpc) is 3.47. The highest BCUT2D eigenvalue weighted by molar-refractivity contribution is 7.17. The van der Waals surface area contributed by atoms with Crippen molar-refractivity contribution in [3.8, 4) is 22.5 Å². The van der Waals surface area contributed by atoms with E-state index in [2.05, 4.69) is 75.5 Å². The molecule has 6 heteroatoms. The third-order valence-electron chi connectivity index (χ3n) is 5.54. The fourth-order valence-corrected chi connectivity index (χ4v) is 4.67. The molecule has 2 N–H and O–H groups in total. The Morgan fingerprint density at radius 2 is 1.62 bits per heavy atom. The predicted octanol–water partition coefficient (Wildman–Crippen LogP) is 6.95. The van der Waals surface area contributed by atoms with Crippen molar-refractivity contribution in [1.82, 2.24) is 20.2 Å². The number of aromatic amines is 1. The number of aryl methyl sites for hydroxylation is 1. The standard InChI is InChI=1S/C26H19N5S/c1-16-21-15-20(10-11-22(21)31-30-16)27-26-24-23(12-13-32-24)28-25(29-26)19-9-5-8-18(14-19)17-6-3-2-4-7-17/h2-15H,1H3,(H,30,31)(H,27,28,29). The van der Waals surface area contributed by atoms with E-state index in [-0.39, 0.29) is 0 Å². The molecule has 5 nitrogen and oxygen atoms in total. The maximum atomic E-state index is 4.93. The number of rotatable bonds is 4. The van der Waals surface area contributed by atoms with Gasteiger partial charge in [-0.1, -0.05) is 48.5 Å². The van der Waals surface area contributed by atoms with E-state index in [9.17, 15) is 0 Å². The fourth-order valence-electron chi connectivity index (χ4n) is 3.90. The zero-order valence-electron chi connectivity index (χ0n) is 17.3. The van der Waals surface area contributed by atoms with Gasteiger partial charge >= 0.3 is 0 Å². The van der Waals surface area contributed by atoms with Crippen LogP contribution in [0, 0.1) is 6.92 Å². The zero-order chi connectivity index (χ0) is 21.5. The second-order valence-corrected chi connectivity index (χ2v) is 8.60. The first-order valence-corrected chi connectivity index (χ1v) is 11.3. The normalized spacial score (nSPS) is 11.3. The van der Waals surface area contributed by atoms with Crippen molar-refractivity contribution in [1.29, 1.82) is 0 Å². The molecule has 0 radical (unpaired) electrons. The molecule has 3 heterocycles. The van der Waals surface area contributed by atoms with Gasteiger partial charge in [-0.25, -0.2) is 9.97 Å². The molecule has 0 saturated heterocycles. The molecule has 0 saturated carbocycles. The van der Waals surface area contributed by atoms with E-state index in [4.69, 9.17) is 9.97 Å². The summed E-state index contributed by atoms with van der Waals surface area (Å²) in [6, 6.07) is 26.9. The summed E-state index contributed by atoms with van der Waals surface area (Å²) in [5.74, 6) is 1.52. The Bertz CT molecular complexity index is 1570. The van der Waals surface area contributed by atoms with Gasteiger partial charge in [0.25, 0.3) is 0 Å².